The molecule has 0 amide bonds. The fraction of sp³-hybridized carbons (Fsp3) is 0.143. The lowest BCUT2D eigenvalue weighted by Gasteiger charge is -2.11. The summed E-state index contributed by atoms with van der Waals surface area (Å²) in [5.74, 6) is -0.836. The van der Waals surface area contributed by atoms with Crippen molar-refractivity contribution in [3.05, 3.63) is 42.1 Å². The summed E-state index contributed by atoms with van der Waals surface area (Å²) < 4.78 is 36.7. The van der Waals surface area contributed by atoms with Crippen LogP contribution in [0.1, 0.15) is 10.4 Å². The molecule has 122 valence electrons. The Morgan fingerprint density at radius 1 is 1.17 bits per heavy atom. The highest BCUT2D eigenvalue weighted by Gasteiger charge is 2.17. The predicted octanol–water partition coefficient (Wildman–Crippen LogP) is 1.60. The maximum absolute atomic E-state index is 12.3. The summed E-state index contributed by atoms with van der Waals surface area (Å²) in [4.78, 5) is 14.8. The number of nitrogens with one attached hydrogen (secondary N) is 1. The van der Waals surface area contributed by atoms with Crippen molar-refractivity contribution >= 4 is 21.7 Å². The third kappa shape index (κ3) is 3.69. The van der Waals surface area contributed by atoms with Gasteiger partial charge in [-0.05, 0) is 18.2 Å². The Bertz CT molecular complexity index is 818. The monoisotopic (exact) mass is 338 g/mol. The minimum absolute atomic E-state index is 0.0468. The number of benzene rings is 1. The second-order valence-electron chi connectivity index (χ2n) is 4.36. The molecule has 2 N–H and O–H groups in total. The lowest BCUT2D eigenvalue weighted by Crippen LogP contribution is -2.13. The zero-order valence-corrected chi connectivity index (χ0v) is 13.1. The summed E-state index contributed by atoms with van der Waals surface area (Å²) in [5, 5.41) is 9.01. The van der Waals surface area contributed by atoms with Gasteiger partial charge in [0, 0.05) is 12.1 Å². The van der Waals surface area contributed by atoms with E-state index < -0.39 is 16.0 Å². The molecule has 0 radical (unpaired) electrons. The van der Waals surface area contributed by atoms with E-state index in [0.29, 0.717) is 0 Å². The van der Waals surface area contributed by atoms with Crippen molar-refractivity contribution in [2.24, 2.45) is 0 Å². The van der Waals surface area contributed by atoms with Crippen LogP contribution in [0.3, 0.4) is 0 Å². The largest absolute Gasteiger partial charge is 0.496 e. The van der Waals surface area contributed by atoms with Crippen molar-refractivity contribution in [1.29, 1.82) is 0 Å². The van der Waals surface area contributed by atoms with Gasteiger partial charge in [-0.1, -0.05) is 0 Å². The first-order chi connectivity index (χ1) is 10.9. The van der Waals surface area contributed by atoms with E-state index in [2.05, 4.69) is 9.71 Å². The van der Waals surface area contributed by atoms with Gasteiger partial charge in [0.1, 0.15) is 16.2 Å². The molecule has 0 atom stereocenters. The van der Waals surface area contributed by atoms with Gasteiger partial charge in [-0.2, -0.15) is 0 Å². The van der Waals surface area contributed by atoms with Crippen LogP contribution in [-0.4, -0.2) is 38.7 Å². The van der Waals surface area contributed by atoms with E-state index in [4.69, 9.17) is 14.6 Å². The highest BCUT2D eigenvalue weighted by atomic mass is 32.2. The van der Waals surface area contributed by atoms with Crippen LogP contribution in [0.25, 0.3) is 0 Å². The third-order valence-corrected chi connectivity index (χ3v) is 4.28. The standard InChI is InChI=1S/C14H14N2O6S/c1-21-12-7-9(3-5-11(12)14(17)18)16-23(19,20)10-4-6-13(22-2)15-8-10/h3-8,16H,1-2H3,(H,17,18). The van der Waals surface area contributed by atoms with Crippen LogP contribution in [-0.2, 0) is 10.0 Å². The summed E-state index contributed by atoms with van der Waals surface area (Å²) in [6, 6.07) is 6.64. The van der Waals surface area contributed by atoms with Crippen molar-refractivity contribution in [3.63, 3.8) is 0 Å². The molecule has 0 fully saturated rings. The molecular formula is C14H14N2O6S. The first-order valence-electron chi connectivity index (χ1n) is 6.31. The van der Waals surface area contributed by atoms with Crippen LogP contribution in [0.4, 0.5) is 5.69 Å². The van der Waals surface area contributed by atoms with Gasteiger partial charge in [0.25, 0.3) is 10.0 Å². The maximum atomic E-state index is 12.3. The average Bonchev–Trinajstić information content (AvgIpc) is 2.54. The second-order valence-corrected chi connectivity index (χ2v) is 6.04. The number of methoxy groups -OCH3 is 2. The van der Waals surface area contributed by atoms with E-state index in [1.807, 2.05) is 0 Å². The quantitative estimate of drug-likeness (QED) is 0.822. The first kappa shape index (κ1) is 16.6. The number of anilines is 1. The van der Waals surface area contributed by atoms with E-state index >= 15 is 0 Å². The zero-order valence-electron chi connectivity index (χ0n) is 12.3. The van der Waals surface area contributed by atoms with E-state index in [0.717, 1.165) is 6.20 Å². The lowest BCUT2D eigenvalue weighted by molar-refractivity contribution is 0.0693. The molecule has 1 aromatic heterocycles. The smallest absolute Gasteiger partial charge is 0.339 e. The van der Waals surface area contributed by atoms with Crippen LogP contribution in [0.2, 0.25) is 0 Å². The number of nitrogens with zero attached hydrogens (tertiary/aromatic N) is 1. The van der Waals surface area contributed by atoms with Gasteiger partial charge in [-0.25, -0.2) is 18.2 Å². The number of carbonyl (C=O) groups is 1. The SMILES string of the molecule is COc1ccc(S(=O)(=O)Nc2ccc(C(=O)O)c(OC)c2)cn1. The van der Waals surface area contributed by atoms with Crippen molar-refractivity contribution in [1.82, 2.24) is 4.98 Å². The molecule has 1 heterocycles. The summed E-state index contributed by atoms with van der Waals surface area (Å²) in [5.41, 5.74) is 0.101. The molecule has 2 rings (SSSR count). The minimum Gasteiger partial charge on any atom is -0.496 e. The number of aromatic nitrogens is 1. The topological polar surface area (TPSA) is 115 Å². The van der Waals surface area contributed by atoms with Crippen LogP contribution in [0.5, 0.6) is 11.6 Å². The number of aromatic carboxylic acids is 1. The number of carboxylic acid groups (broad SMARTS) is 1. The van der Waals surface area contributed by atoms with E-state index in [1.165, 1.54) is 44.6 Å². The van der Waals surface area contributed by atoms with Crippen LogP contribution < -0.4 is 14.2 Å². The van der Waals surface area contributed by atoms with Crippen molar-refractivity contribution in [2.45, 2.75) is 4.90 Å². The number of hydrogen-bond donors (Lipinski definition) is 2. The maximum Gasteiger partial charge on any atom is 0.339 e. The number of ether oxygens (including phenoxy) is 2. The number of pyridine rings is 1. The van der Waals surface area contributed by atoms with Crippen LogP contribution >= 0.6 is 0 Å². The molecule has 23 heavy (non-hydrogen) atoms. The van der Waals surface area contributed by atoms with Crippen molar-refractivity contribution in [2.75, 3.05) is 18.9 Å². The molecule has 8 nitrogen and oxygen atoms in total. The molecule has 0 spiro atoms. The molecule has 0 bridgehead atoms. The van der Waals surface area contributed by atoms with Gasteiger partial charge in [0.15, 0.2) is 0 Å². The normalized spacial score (nSPS) is 10.9. The molecule has 1 aromatic carbocycles. The first-order valence-corrected chi connectivity index (χ1v) is 7.80. The molecule has 0 saturated heterocycles. The number of hydrogen-bond acceptors (Lipinski definition) is 6. The number of sulfonamides is 1. The molecule has 0 aliphatic heterocycles. The second kappa shape index (κ2) is 6.53. The highest BCUT2D eigenvalue weighted by Crippen LogP contribution is 2.25. The van der Waals surface area contributed by atoms with Gasteiger partial charge in [-0.3, -0.25) is 4.72 Å². The molecule has 0 saturated carbocycles. The minimum atomic E-state index is -3.87. The van der Waals surface area contributed by atoms with Gasteiger partial charge in [0.05, 0.1) is 26.1 Å². The van der Waals surface area contributed by atoms with Gasteiger partial charge in [-0.15, -0.1) is 0 Å². The molecule has 0 aliphatic rings. The third-order valence-electron chi connectivity index (χ3n) is 2.91. The summed E-state index contributed by atoms with van der Waals surface area (Å²) in [6.07, 6.45) is 1.16. The predicted molar refractivity (Wildman–Crippen MR) is 81.6 cm³/mol. The Balaban J connectivity index is 2.31. The number of rotatable bonds is 6. The number of carboxylic acids is 1. The van der Waals surface area contributed by atoms with Crippen molar-refractivity contribution in [3.8, 4) is 11.6 Å². The van der Waals surface area contributed by atoms with E-state index in [1.54, 1.807) is 0 Å². The Hall–Kier alpha value is -2.81. The lowest BCUT2D eigenvalue weighted by atomic mass is 10.2. The molecule has 0 unspecified atom stereocenters. The van der Waals surface area contributed by atoms with Gasteiger partial charge < -0.3 is 14.6 Å². The molecule has 2 aromatic rings. The summed E-state index contributed by atoms with van der Waals surface area (Å²) >= 11 is 0. The Kier molecular flexibility index (Phi) is 4.70. The molecule has 9 heteroatoms. The Morgan fingerprint density at radius 2 is 1.91 bits per heavy atom. The van der Waals surface area contributed by atoms with E-state index in [-0.39, 0.29) is 27.8 Å². The average molecular weight is 338 g/mol. The van der Waals surface area contributed by atoms with Crippen molar-refractivity contribution < 1.29 is 27.8 Å². The summed E-state index contributed by atoms with van der Waals surface area (Å²) in [7, 11) is -1.15. The van der Waals surface area contributed by atoms with Gasteiger partial charge in [0.2, 0.25) is 5.88 Å². The van der Waals surface area contributed by atoms with Crippen LogP contribution in [0, 0.1) is 0 Å². The Morgan fingerprint density at radius 3 is 2.43 bits per heavy atom. The van der Waals surface area contributed by atoms with E-state index in [9.17, 15) is 13.2 Å². The fourth-order valence-corrected chi connectivity index (χ4v) is 2.79. The van der Waals surface area contributed by atoms with Gasteiger partial charge >= 0.3 is 5.97 Å². The summed E-state index contributed by atoms with van der Waals surface area (Å²) in [6.45, 7) is 0. The van der Waals surface area contributed by atoms with Crippen LogP contribution in [0.15, 0.2) is 41.4 Å². The molecular weight excluding hydrogens is 324 g/mol. The Labute approximate surface area is 132 Å². The zero-order chi connectivity index (χ0) is 17.0. The fourth-order valence-electron chi connectivity index (χ4n) is 1.79. The highest BCUT2D eigenvalue weighted by molar-refractivity contribution is 7.92. The molecule has 0 aliphatic carbocycles.